The van der Waals surface area contributed by atoms with Crippen LogP contribution in [0.2, 0.25) is 5.02 Å². The fourth-order valence-electron chi connectivity index (χ4n) is 3.71. The Kier molecular flexibility index (Phi) is 5.00. The number of halogens is 1. The number of hydrazone groups is 1. The summed E-state index contributed by atoms with van der Waals surface area (Å²) in [5.41, 5.74) is 8.06. The zero-order chi connectivity index (χ0) is 21.4. The highest BCUT2D eigenvalue weighted by atomic mass is 35.5. The van der Waals surface area contributed by atoms with E-state index in [1.807, 2.05) is 78.5 Å². The molecule has 0 saturated carbocycles. The van der Waals surface area contributed by atoms with Gasteiger partial charge in [-0.25, -0.2) is 4.68 Å². The fraction of sp³-hybridized carbons (Fsp3) is 0.167. The molecule has 0 bridgehead atoms. The number of benzene rings is 2. The molecule has 4 aromatic rings. The number of ether oxygens (including phenoxy) is 1. The van der Waals surface area contributed by atoms with Gasteiger partial charge in [-0.2, -0.15) is 10.2 Å². The molecule has 7 heteroatoms. The van der Waals surface area contributed by atoms with E-state index in [0.717, 1.165) is 45.5 Å². The molecule has 0 aliphatic carbocycles. The lowest BCUT2D eigenvalue weighted by Crippen LogP contribution is -2.10. The van der Waals surface area contributed by atoms with Gasteiger partial charge in [0.15, 0.2) is 0 Å². The Morgan fingerprint density at radius 3 is 2.52 bits per heavy atom. The van der Waals surface area contributed by atoms with Gasteiger partial charge in [0.05, 0.1) is 24.5 Å². The van der Waals surface area contributed by atoms with E-state index in [1.54, 1.807) is 7.11 Å². The monoisotopic (exact) mass is 432 g/mol. The third-order valence-electron chi connectivity index (χ3n) is 5.35. The maximum atomic E-state index is 6.06. The standard InChI is InChI=1S/C24H21ClN4O2/c1-15-3-12-23(31-15)22-13-21(26-27-22)20-14-29(18-8-6-17(25)7-9-18)28-24(20)16-4-10-19(30-2)11-5-16/h3-12,14,21,26H,13H2,1-2H3. The molecule has 0 fully saturated rings. The van der Waals surface area contributed by atoms with Crippen molar-refractivity contribution in [1.29, 1.82) is 0 Å². The fourth-order valence-corrected chi connectivity index (χ4v) is 3.83. The minimum absolute atomic E-state index is 0.0152. The van der Waals surface area contributed by atoms with Crippen LogP contribution in [-0.4, -0.2) is 22.6 Å². The quantitative estimate of drug-likeness (QED) is 0.449. The van der Waals surface area contributed by atoms with Gasteiger partial charge in [-0.3, -0.25) is 0 Å². The largest absolute Gasteiger partial charge is 0.497 e. The number of hydrogen-bond donors (Lipinski definition) is 1. The molecule has 0 radical (unpaired) electrons. The Labute approximate surface area is 185 Å². The molecule has 5 rings (SSSR count). The van der Waals surface area contributed by atoms with Crippen LogP contribution in [0.3, 0.4) is 0 Å². The van der Waals surface area contributed by atoms with Gasteiger partial charge in [-0.05, 0) is 67.6 Å². The molecular weight excluding hydrogens is 412 g/mol. The van der Waals surface area contributed by atoms with Gasteiger partial charge < -0.3 is 14.6 Å². The highest BCUT2D eigenvalue weighted by Gasteiger charge is 2.28. The van der Waals surface area contributed by atoms with Crippen molar-refractivity contribution in [2.24, 2.45) is 5.10 Å². The Balaban J connectivity index is 1.52. The highest BCUT2D eigenvalue weighted by molar-refractivity contribution is 6.30. The minimum Gasteiger partial charge on any atom is -0.497 e. The van der Waals surface area contributed by atoms with Gasteiger partial charge >= 0.3 is 0 Å². The van der Waals surface area contributed by atoms with Crippen molar-refractivity contribution in [2.45, 2.75) is 19.4 Å². The van der Waals surface area contributed by atoms with Crippen molar-refractivity contribution >= 4 is 17.3 Å². The van der Waals surface area contributed by atoms with E-state index in [9.17, 15) is 0 Å². The van der Waals surface area contributed by atoms with Crippen LogP contribution in [0.25, 0.3) is 16.9 Å². The Morgan fingerprint density at radius 2 is 1.84 bits per heavy atom. The molecule has 0 amide bonds. The molecule has 3 heterocycles. The lowest BCUT2D eigenvalue weighted by Gasteiger charge is -2.10. The predicted molar refractivity (Wildman–Crippen MR) is 121 cm³/mol. The Hall–Kier alpha value is -3.51. The normalized spacial score (nSPS) is 15.6. The van der Waals surface area contributed by atoms with Crippen molar-refractivity contribution < 1.29 is 9.15 Å². The highest BCUT2D eigenvalue weighted by Crippen LogP contribution is 2.34. The van der Waals surface area contributed by atoms with E-state index in [2.05, 4.69) is 10.5 Å². The van der Waals surface area contributed by atoms with E-state index in [0.29, 0.717) is 11.4 Å². The zero-order valence-electron chi connectivity index (χ0n) is 17.2. The van der Waals surface area contributed by atoms with Crippen LogP contribution >= 0.6 is 11.6 Å². The van der Waals surface area contributed by atoms with Crippen molar-refractivity contribution in [2.75, 3.05) is 7.11 Å². The topological polar surface area (TPSA) is 64.6 Å². The summed E-state index contributed by atoms with van der Waals surface area (Å²) < 4.78 is 12.9. The van der Waals surface area contributed by atoms with Gasteiger partial charge in [-0.1, -0.05) is 11.6 Å². The summed E-state index contributed by atoms with van der Waals surface area (Å²) >= 11 is 6.06. The molecule has 6 nitrogen and oxygen atoms in total. The first kappa shape index (κ1) is 19.5. The number of aromatic nitrogens is 2. The van der Waals surface area contributed by atoms with Crippen LogP contribution in [0, 0.1) is 6.92 Å². The van der Waals surface area contributed by atoms with Gasteiger partial charge in [0.2, 0.25) is 0 Å². The SMILES string of the molecule is COc1ccc(-c2nn(-c3ccc(Cl)cc3)cc2C2CC(c3ccc(C)o3)=NN2)cc1. The summed E-state index contributed by atoms with van der Waals surface area (Å²) in [4.78, 5) is 0. The molecule has 1 aliphatic heterocycles. The van der Waals surface area contributed by atoms with E-state index in [1.165, 1.54) is 0 Å². The first-order valence-corrected chi connectivity index (χ1v) is 10.4. The second-order valence-electron chi connectivity index (χ2n) is 7.44. The number of methoxy groups -OCH3 is 1. The van der Waals surface area contributed by atoms with Crippen molar-refractivity contribution in [1.82, 2.24) is 15.2 Å². The lowest BCUT2D eigenvalue weighted by atomic mass is 9.99. The molecule has 0 spiro atoms. The van der Waals surface area contributed by atoms with Gasteiger partial charge in [0, 0.05) is 28.8 Å². The maximum Gasteiger partial charge on any atom is 0.150 e. The second-order valence-corrected chi connectivity index (χ2v) is 7.87. The third kappa shape index (κ3) is 3.82. The number of rotatable bonds is 5. The molecule has 2 aromatic carbocycles. The number of aryl methyl sites for hydroxylation is 1. The molecule has 0 saturated heterocycles. The van der Waals surface area contributed by atoms with Crippen molar-refractivity contribution in [3.63, 3.8) is 0 Å². The van der Waals surface area contributed by atoms with Crippen molar-refractivity contribution in [3.8, 4) is 22.7 Å². The van der Waals surface area contributed by atoms with Gasteiger partial charge in [-0.15, -0.1) is 0 Å². The molecule has 2 aromatic heterocycles. The summed E-state index contributed by atoms with van der Waals surface area (Å²) in [7, 11) is 1.66. The van der Waals surface area contributed by atoms with Gasteiger partial charge in [0.25, 0.3) is 0 Å². The summed E-state index contributed by atoms with van der Waals surface area (Å²) in [5, 5.41) is 10.1. The average molecular weight is 433 g/mol. The van der Waals surface area contributed by atoms with Crippen LogP contribution in [-0.2, 0) is 0 Å². The summed E-state index contributed by atoms with van der Waals surface area (Å²) in [5.74, 6) is 2.47. The Morgan fingerprint density at radius 1 is 1.06 bits per heavy atom. The summed E-state index contributed by atoms with van der Waals surface area (Å²) in [6.07, 6.45) is 2.76. The van der Waals surface area contributed by atoms with Crippen LogP contribution in [0.5, 0.6) is 5.75 Å². The number of nitrogens with zero attached hydrogens (tertiary/aromatic N) is 3. The molecule has 156 valence electrons. The predicted octanol–water partition coefficient (Wildman–Crippen LogP) is 5.54. The first-order chi connectivity index (χ1) is 15.1. The molecule has 1 N–H and O–H groups in total. The number of hydrogen-bond acceptors (Lipinski definition) is 5. The maximum absolute atomic E-state index is 6.06. The van der Waals surface area contributed by atoms with Gasteiger partial charge in [0.1, 0.15) is 23.0 Å². The first-order valence-electron chi connectivity index (χ1n) is 9.99. The number of nitrogens with one attached hydrogen (secondary N) is 1. The Bertz CT molecular complexity index is 1240. The molecule has 31 heavy (non-hydrogen) atoms. The molecule has 1 atom stereocenters. The molecule has 1 unspecified atom stereocenters. The van der Waals surface area contributed by atoms with E-state index < -0.39 is 0 Å². The summed E-state index contributed by atoms with van der Waals surface area (Å²) in [6, 6.07) is 19.4. The van der Waals surface area contributed by atoms with Crippen molar-refractivity contribution in [3.05, 3.63) is 89.0 Å². The van der Waals surface area contributed by atoms with Crippen LogP contribution < -0.4 is 10.2 Å². The van der Waals surface area contributed by atoms with E-state index >= 15 is 0 Å². The lowest BCUT2D eigenvalue weighted by molar-refractivity contribution is 0.415. The van der Waals surface area contributed by atoms with E-state index in [4.69, 9.17) is 25.9 Å². The average Bonchev–Trinajstić information content (AvgIpc) is 3.53. The molecular formula is C24H21ClN4O2. The third-order valence-corrected chi connectivity index (χ3v) is 5.60. The van der Waals surface area contributed by atoms with E-state index in [-0.39, 0.29) is 6.04 Å². The zero-order valence-corrected chi connectivity index (χ0v) is 17.9. The smallest absolute Gasteiger partial charge is 0.150 e. The number of furan rings is 1. The van der Waals surface area contributed by atoms with Crippen LogP contribution in [0.15, 0.2) is 76.4 Å². The van der Waals surface area contributed by atoms with Crippen LogP contribution in [0.4, 0.5) is 0 Å². The summed E-state index contributed by atoms with van der Waals surface area (Å²) in [6.45, 7) is 1.93. The van der Waals surface area contributed by atoms with Crippen LogP contribution in [0.1, 0.15) is 29.5 Å². The molecule has 1 aliphatic rings. The second kappa shape index (κ2) is 7.96. The minimum atomic E-state index is -0.0152.